The smallest absolute Gasteiger partial charge is 0.228 e. The molecule has 38 heavy (non-hydrogen) atoms. The van der Waals surface area contributed by atoms with Crippen LogP contribution in [0.1, 0.15) is 18.4 Å². The molecule has 4 heterocycles. The summed E-state index contributed by atoms with van der Waals surface area (Å²) in [6.45, 7) is 8.08. The Morgan fingerprint density at radius 2 is 1.89 bits per heavy atom. The van der Waals surface area contributed by atoms with E-state index in [1.54, 1.807) is 18.3 Å². The number of hydrogen-bond acceptors (Lipinski definition) is 10. The van der Waals surface area contributed by atoms with Crippen molar-refractivity contribution in [3.63, 3.8) is 0 Å². The van der Waals surface area contributed by atoms with E-state index in [-0.39, 0.29) is 5.82 Å². The Morgan fingerprint density at radius 1 is 1.05 bits per heavy atom. The summed E-state index contributed by atoms with van der Waals surface area (Å²) < 4.78 is 18.6. The zero-order valence-electron chi connectivity index (χ0n) is 21.7. The van der Waals surface area contributed by atoms with E-state index < -0.39 is 0 Å². The largest absolute Gasteiger partial charge is 0.368 e. The van der Waals surface area contributed by atoms with Crippen molar-refractivity contribution < 1.29 is 4.39 Å². The number of aromatic nitrogens is 4. The van der Waals surface area contributed by atoms with Gasteiger partial charge in [0.15, 0.2) is 5.82 Å². The molecule has 1 fully saturated rings. The molecule has 2 N–H and O–H groups in total. The van der Waals surface area contributed by atoms with Crippen molar-refractivity contribution in [1.29, 1.82) is 0 Å². The number of pyridine rings is 1. The van der Waals surface area contributed by atoms with Crippen molar-refractivity contribution in [1.82, 2.24) is 24.8 Å². The minimum atomic E-state index is -0.320. The zero-order valence-corrected chi connectivity index (χ0v) is 23.4. The molecule has 3 aromatic heterocycles. The number of likely N-dealkylation sites (N-methyl/N-ethyl adjacent to an activating group) is 1. The molecule has 1 aromatic carbocycles. The SMILES string of the molecule is CCCSNc1cccc(-c2nc(C)sc2-c2ccnc(Nc3ccc(N4CCN(C)CC4)cn3)n2)c1F. The summed E-state index contributed by atoms with van der Waals surface area (Å²) in [5, 5.41) is 4.04. The molecule has 0 spiro atoms. The molecule has 11 heteroatoms. The first-order valence-electron chi connectivity index (χ1n) is 12.7. The van der Waals surface area contributed by atoms with E-state index in [0.717, 1.165) is 53.9 Å². The number of nitrogens with one attached hydrogen (secondary N) is 2. The lowest BCUT2D eigenvalue weighted by molar-refractivity contribution is 0.313. The van der Waals surface area contributed by atoms with Crippen molar-refractivity contribution >= 4 is 46.4 Å². The molecule has 5 rings (SSSR count). The highest BCUT2D eigenvalue weighted by Crippen LogP contribution is 2.39. The van der Waals surface area contributed by atoms with Crippen LogP contribution in [-0.4, -0.2) is 63.8 Å². The van der Waals surface area contributed by atoms with Gasteiger partial charge >= 0.3 is 0 Å². The van der Waals surface area contributed by atoms with Gasteiger partial charge in [-0.1, -0.05) is 24.9 Å². The minimum Gasteiger partial charge on any atom is -0.368 e. The lowest BCUT2D eigenvalue weighted by atomic mass is 10.1. The molecule has 1 aliphatic heterocycles. The number of hydrogen-bond donors (Lipinski definition) is 2. The van der Waals surface area contributed by atoms with Crippen LogP contribution >= 0.6 is 23.3 Å². The summed E-state index contributed by atoms with van der Waals surface area (Å²) in [4.78, 5) is 23.8. The lowest BCUT2D eigenvalue weighted by Crippen LogP contribution is -2.44. The predicted molar refractivity (Wildman–Crippen MR) is 157 cm³/mol. The number of rotatable bonds is 9. The van der Waals surface area contributed by atoms with Gasteiger partial charge in [-0.3, -0.25) is 0 Å². The minimum absolute atomic E-state index is 0.320. The average molecular weight is 551 g/mol. The summed E-state index contributed by atoms with van der Waals surface area (Å²) in [5.41, 5.74) is 3.26. The second kappa shape index (κ2) is 12.1. The molecule has 1 aliphatic rings. The molecule has 0 saturated carbocycles. The fourth-order valence-corrected chi connectivity index (χ4v) is 5.70. The van der Waals surface area contributed by atoms with Gasteiger partial charge < -0.3 is 19.8 Å². The normalized spacial score (nSPS) is 14.1. The van der Waals surface area contributed by atoms with Gasteiger partial charge in [-0.15, -0.1) is 11.3 Å². The molecule has 0 atom stereocenters. The first-order valence-corrected chi connectivity index (χ1v) is 14.5. The lowest BCUT2D eigenvalue weighted by Gasteiger charge is -2.33. The predicted octanol–water partition coefficient (Wildman–Crippen LogP) is 6.08. The maximum absolute atomic E-state index is 15.5. The van der Waals surface area contributed by atoms with E-state index in [1.807, 2.05) is 31.3 Å². The Morgan fingerprint density at radius 3 is 2.66 bits per heavy atom. The van der Waals surface area contributed by atoms with Crippen molar-refractivity contribution in [2.24, 2.45) is 0 Å². The highest BCUT2D eigenvalue weighted by atomic mass is 32.2. The van der Waals surface area contributed by atoms with Gasteiger partial charge in [0, 0.05) is 43.7 Å². The number of halogens is 1. The first-order chi connectivity index (χ1) is 18.5. The van der Waals surface area contributed by atoms with E-state index in [2.05, 4.69) is 54.8 Å². The van der Waals surface area contributed by atoms with Gasteiger partial charge in [-0.05, 0) is 50.7 Å². The second-order valence-electron chi connectivity index (χ2n) is 9.11. The first kappa shape index (κ1) is 26.3. The number of benzene rings is 1. The molecule has 8 nitrogen and oxygen atoms in total. The number of aryl methyl sites for hydroxylation is 1. The highest BCUT2D eigenvalue weighted by molar-refractivity contribution is 8.00. The molecular weight excluding hydrogens is 519 g/mol. The van der Waals surface area contributed by atoms with Crippen LogP contribution in [0.2, 0.25) is 0 Å². The van der Waals surface area contributed by atoms with Crippen LogP contribution < -0.4 is 14.9 Å². The van der Waals surface area contributed by atoms with Gasteiger partial charge in [0.1, 0.15) is 5.82 Å². The van der Waals surface area contributed by atoms with Crippen molar-refractivity contribution in [3.8, 4) is 21.8 Å². The van der Waals surface area contributed by atoms with Gasteiger partial charge in [0.25, 0.3) is 0 Å². The number of thiazole rings is 1. The summed E-state index contributed by atoms with van der Waals surface area (Å²) in [5.74, 6) is 1.66. The summed E-state index contributed by atoms with van der Waals surface area (Å²) >= 11 is 2.98. The van der Waals surface area contributed by atoms with Crippen LogP contribution in [0.4, 0.5) is 27.5 Å². The summed E-state index contributed by atoms with van der Waals surface area (Å²) in [6.07, 6.45) is 4.58. The van der Waals surface area contributed by atoms with Gasteiger partial charge in [-0.2, -0.15) is 0 Å². The zero-order chi connectivity index (χ0) is 26.5. The Kier molecular flexibility index (Phi) is 8.35. The van der Waals surface area contributed by atoms with E-state index in [4.69, 9.17) is 4.98 Å². The van der Waals surface area contributed by atoms with E-state index >= 15 is 4.39 Å². The third-order valence-electron chi connectivity index (χ3n) is 6.22. The molecule has 0 bridgehead atoms. The summed E-state index contributed by atoms with van der Waals surface area (Å²) in [6, 6.07) is 11.2. The number of nitrogens with zero attached hydrogens (tertiary/aromatic N) is 6. The maximum atomic E-state index is 15.5. The molecule has 0 amide bonds. The molecule has 0 aliphatic carbocycles. The van der Waals surface area contributed by atoms with Crippen molar-refractivity contribution in [2.45, 2.75) is 20.3 Å². The standard InChI is InChI=1S/C27H31FN8S2/c1-4-16-37-34-21-7-5-6-20(24(21)28)25-26(38-18(2)31-25)22-10-11-29-27(32-22)33-23-9-8-19(17-30-23)36-14-12-35(3)13-15-36/h5-11,17,34H,4,12-16H2,1-3H3,(H,29,30,32,33). The van der Waals surface area contributed by atoms with Crippen LogP contribution in [0.3, 0.4) is 0 Å². The topological polar surface area (TPSA) is 82.1 Å². The second-order valence-corrected chi connectivity index (χ2v) is 11.2. The van der Waals surface area contributed by atoms with E-state index in [9.17, 15) is 0 Å². The van der Waals surface area contributed by atoms with Crippen LogP contribution in [0, 0.1) is 12.7 Å². The van der Waals surface area contributed by atoms with Crippen LogP contribution in [0.15, 0.2) is 48.8 Å². The highest BCUT2D eigenvalue weighted by Gasteiger charge is 2.20. The fourth-order valence-electron chi connectivity index (χ4n) is 4.18. The third kappa shape index (κ3) is 6.06. The third-order valence-corrected chi connectivity index (χ3v) is 8.19. The molecule has 198 valence electrons. The van der Waals surface area contributed by atoms with Crippen LogP contribution in [0.25, 0.3) is 21.8 Å². The molecule has 0 radical (unpaired) electrons. The molecule has 4 aromatic rings. The quantitative estimate of drug-likeness (QED) is 0.190. The van der Waals surface area contributed by atoms with Gasteiger partial charge in [-0.25, -0.2) is 24.3 Å². The van der Waals surface area contributed by atoms with Crippen molar-refractivity contribution in [2.75, 3.05) is 53.9 Å². The van der Waals surface area contributed by atoms with E-state index in [1.165, 1.54) is 23.3 Å². The Hall–Kier alpha value is -3.28. The number of anilines is 4. The molecule has 0 unspecified atom stereocenters. The molecule has 1 saturated heterocycles. The monoisotopic (exact) mass is 550 g/mol. The average Bonchev–Trinajstić information content (AvgIpc) is 3.32. The van der Waals surface area contributed by atoms with Crippen LogP contribution in [0.5, 0.6) is 0 Å². The molecular formula is C27H31FN8S2. The van der Waals surface area contributed by atoms with Crippen LogP contribution in [-0.2, 0) is 0 Å². The van der Waals surface area contributed by atoms with Gasteiger partial charge in [0.05, 0.1) is 38.8 Å². The fraction of sp³-hybridized carbons (Fsp3) is 0.333. The summed E-state index contributed by atoms with van der Waals surface area (Å²) in [7, 11) is 2.14. The Balaban J connectivity index is 1.36. The Bertz CT molecular complexity index is 1370. The van der Waals surface area contributed by atoms with Gasteiger partial charge in [0.2, 0.25) is 5.95 Å². The van der Waals surface area contributed by atoms with E-state index in [0.29, 0.717) is 34.4 Å². The number of piperazine rings is 1. The Labute approximate surface area is 230 Å². The van der Waals surface area contributed by atoms with Crippen molar-refractivity contribution in [3.05, 3.63) is 59.6 Å². The maximum Gasteiger partial charge on any atom is 0.228 e.